The number of benzene rings is 1. The highest BCUT2D eigenvalue weighted by Gasteiger charge is 2.27. The molecule has 92 valence electrons. The van der Waals surface area contributed by atoms with Crippen LogP contribution in [0.15, 0.2) is 30.3 Å². The molecule has 1 amide bonds. The number of nitrogens with two attached hydrogens (primary N) is 1. The van der Waals surface area contributed by atoms with E-state index in [4.69, 9.17) is 5.73 Å². The largest absolute Gasteiger partial charge is 0.326 e. The molecule has 2 unspecified atom stereocenters. The maximum absolute atomic E-state index is 11.8. The van der Waals surface area contributed by atoms with Gasteiger partial charge in [0.05, 0.1) is 6.54 Å². The molecular weight excluding hydrogens is 214 g/mol. The molecule has 1 aliphatic heterocycles. The summed E-state index contributed by atoms with van der Waals surface area (Å²) < 4.78 is 0. The average Bonchev–Trinajstić information content (AvgIpc) is 2.59. The monoisotopic (exact) mass is 233 g/mol. The van der Waals surface area contributed by atoms with Gasteiger partial charge in [0, 0.05) is 24.8 Å². The Balaban J connectivity index is 1.82. The van der Waals surface area contributed by atoms with Gasteiger partial charge in [0.1, 0.15) is 0 Å². The number of para-hydroxylation sites is 1. The Morgan fingerprint density at radius 3 is 2.71 bits per heavy atom. The molecule has 0 saturated carbocycles. The number of nitrogens with zero attached hydrogens (tertiary/aromatic N) is 1. The summed E-state index contributed by atoms with van der Waals surface area (Å²) in [5, 5.41) is 2.88. The summed E-state index contributed by atoms with van der Waals surface area (Å²) in [7, 11) is 0. The number of hydrogen-bond acceptors (Lipinski definition) is 3. The number of hydrogen-bond donors (Lipinski definition) is 2. The first-order valence-corrected chi connectivity index (χ1v) is 5.98. The van der Waals surface area contributed by atoms with Crippen molar-refractivity contribution in [3.63, 3.8) is 0 Å². The van der Waals surface area contributed by atoms with Gasteiger partial charge in [-0.1, -0.05) is 25.1 Å². The summed E-state index contributed by atoms with van der Waals surface area (Å²) >= 11 is 0. The lowest BCUT2D eigenvalue weighted by Gasteiger charge is -2.14. The van der Waals surface area contributed by atoms with Gasteiger partial charge in [-0.25, -0.2) is 0 Å². The summed E-state index contributed by atoms with van der Waals surface area (Å²) in [4.78, 5) is 13.9. The molecule has 0 aromatic heterocycles. The molecule has 4 heteroatoms. The van der Waals surface area contributed by atoms with Crippen LogP contribution in [0.1, 0.15) is 6.92 Å². The summed E-state index contributed by atoms with van der Waals surface area (Å²) in [5.41, 5.74) is 6.77. The highest BCUT2D eigenvalue weighted by molar-refractivity contribution is 5.92. The standard InChI is InChI=1S/C13H19N3O/c1-10-7-16(8-12(10)14)9-13(17)15-11-5-3-2-4-6-11/h2-6,10,12H,7-9,14H2,1H3,(H,15,17). The molecule has 2 atom stereocenters. The smallest absolute Gasteiger partial charge is 0.238 e. The summed E-state index contributed by atoms with van der Waals surface area (Å²) in [6, 6.07) is 9.70. The van der Waals surface area contributed by atoms with Gasteiger partial charge in [0.25, 0.3) is 0 Å². The minimum atomic E-state index is 0.0255. The van der Waals surface area contributed by atoms with E-state index in [2.05, 4.69) is 17.1 Å². The van der Waals surface area contributed by atoms with E-state index in [-0.39, 0.29) is 11.9 Å². The molecule has 17 heavy (non-hydrogen) atoms. The van der Waals surface area contributed by atoms with Crippen molar-refractivity contribution in [2.24, 2.45) is 11.7 Å². The molecule has 0 aliphatic carbocycles. The zero-order valence-electron chi connectivity index (χ0n) is 10.1. The maximum atomic E-state index is 11.8. The van der Waals surface area contributed by atoms with Crippen LogP contribution in [-0.2, 0) is 4.79 Å². The lowest BCUT2D eigenvalue weighted by Crippen LogP contribution is -2.33. The zero-order valence-corrected chi connectivity index (χ0v) is 10.1. The molecule has 1 saturated heterocycles. The number of anilines is 1. The molecule has 1 aromatic carbocycles. The van der Waals surface area contributed by atoms with E-state index in [0.29, 0.717) is 12.5 Å². The van der Waals surface area contributed by atoms with Crippen molar-refractivity contribution in [2.75, 3.05) is 25.0 Å². The summed E-state index contributed by atoms with van der Waals surface area (Å²) in [6.07, 6.45) is 0. The molecule has 1 fully saturated rings. The van der Waals surface area contributed by atoms with Crippen molar-refractivity contribution in [3.05, 3.63) is 30.3 Å². The van der Waals surface area contributed by atoms with Gasteiger partial charge < -0.3 is 11.1 Å². The molecule has 3 N–H and O–H groups in total. The van der Waals surface area contributed by atoms with Gasteiger partial charge in [-0.05, 0) is 18.1 Å². The molecule has 0 radical (unpaired) electrons. The third-order valence-corrected chi connectivity index (χ3v) is 3.17. The van der Waals surface area contributed by atoms with Crippen LogP contribution < -0.4 is 11.1 Å². The van der Waals surface area contributed by atoms with Crippen molar-refractivity contribution in [1.82, 2.24) is 4.90 Å². The van der Waals surface area contributed by atoms with E-state index in [0.717, 1.165) is 18.8 Å². The first-order valence-electron chi connectivity index (χ1n) is 5.98. The van der Waals surface area contributed by atoms with Crippen LogP contribution >= 0.6 is 0 Å². The Morgan fingerprint density at radius 1 is 1.41 bits per heavy atom. The second kappa shape index (κ2) is 5.29. The molecule has 2 rings (SSSR count). The second-order valence-electron chi connectivity index (χ2n) is 4.75. The predicted molar refractivity (Wildman–Crippen MR) is 68.7 cm³/mol. The molecule has 1 aliphatic rings. The van der Waals surface area contributed by atoms with Crippen LogP contribution in [0.25, 0.3) is 0 Å². The van der Waals surface area contributed by atoms with Gasteiger partial charge >= 0.3 is 0 Å². The third-order valence-electron chi connectivity index (χ3n) is 3.17. The van der Waals surface area contributed by atoms with Crippen molar-refractivity contribution in [3.8, 4) is 0 Å². The lowest BCUT2D eigenvalue weighted by atomic mass is 10.1. The van der Waals surface area contributed by atoms with Crippen LogP contribution in [0.5, 0.6) is 0 Å². The Kier molecular flexibility index (Phi) is 3.76. The predicted octanol–water partition coefficient (Wildman–Crippen LogP) is 0.904. The normalized spacial score (nSPS) is 24.8. The van der Waals surface area contributed by atoms with Crippen molar-refractivity contribution < 1.29 is 4.79 Å². The Morgan fingerprint density at radius 2 is 2.12 bits per heavy atom. The van der Waals surface area contributed by atoms with Crippen LogP contribution in [0, 0.1) is 5.92 Å². The number of amides is 1. The number of nitrogens with one attached hydrogen (secondary N) is 1. The lowest BCUT2D eigenvalue weighted by molar-refractivity contribution is -0.117. The quantitative estimate of drug-likeness (QED) is 0.815. The van der Waals surface area contributed by atoms with E-state index in [1.165, 1.54) is 0 Å². The van der Waals surface area contributed by atoms with Crippen molar-refractivity contribution in [2.45, 2.75) is 13.0 Å². The molecule has 1 heterocycles. The fraction of sp³-hybridized carbons (Fsp3) is 0.462. The Hall–Kier alpha value is -1.39. The van der Waals surface area contributed by atoms with Gasteiger partial charge in [-0.3, -0.25) is 9.69 Å². The summed E-state index contributed by atoms with van der Waals surface area (Å²) in [6.45, 7) is 4.26. The van der Waals surface area contributed by atoms with E-state index < -0.39 is 0 Å². The number of carbonyl (C=O) groups is 1. The molecule has 0 bridgehead atoms. The SMILES string of the molecule is CC1CN(CC(=O)Nc2ccccc2)CC1N. The van der Waals surface area contributed by atoms with Gasteiger partial charge in [0.2, 0.25) is 5.91 Å². The highest BCUT2D eigenvalue weighted by atomic mass is 16.2. The summed E-state index contributed by atoms with van der Waals surface area (Å²) in [5.74, 6) is 0.497. The van der Waals surface area contributed by atoms with Gasteiger partial charge in [0.15, 0.2) is 0 Å². The van der Waals surface area contributed by atoms with Crippen LogP contribution in [-0.4, -0.2) is 36.5 Å². The number of carbonyl (C=O) groups excluding carboxylic acids is 1. The van der Waals surface area contributed by atoms with Crippen molar-refractivity contribution >= 4 is 11.6 Å². The van der Waals surface area contributed by atoms with Crippen molar-refractivity contribution in [1.29, 1.82) is 0 Å². The van der Waals surface area contributed by atoms with E-state index >= 15 is 0 Å². The minimum absolute atomic E-state index is 0.0255. The Labute approximate surface area is 102 Å². The average molecular weight is 233 g/mol. The van der Waals surface area contributed by atoms with Crippen LogP contribution in [0.2, 0.25) is 0 Å². The fourth-order valence-electron chi connectivity index (χ4n) is 2.15. The molecule has 4 nitrogen and oxygen atoms in total. The van der Waals surface area contributed by atoms with E-state index in [1.54, 1.807) is 0 Å². The molecule has 1 aromatic rings. The molecule has 0 spiro atoms. The van der Waals surface area contributed by atoms with E-state index in [9.17, 15) is 4.79 Å². The third kappa shape index (κ3) is 3.28. The van der Waals surface area contributed by atoms with Crippen LogP contribution in [0.4, 0.5) is 5.69 Å². The number of rotatable bonds is 3. The molecular formula is C13H19N3O. The fourth-order valence-corrected chi connectivity index (χ4v) is 2.15. The second-order valence-corrected chi connectivity index (χ2v) is 4.75. The van der Waals surface area contributed by atoms with Crippen LogP contribution in [0.3, 0.4) is 0 Å². The zero-order chi connectivity index (χ0) is 12.3. The number of likely N-dealkylation sites (tertiary alicyclic amines) is 1. The first kappa shape index (κ1) is 12.1. The van der Waals surface area contributed by atoms with E-state index in [1.807, 2.05) is 30.3 Å². The van der Waals surface area contributed by atoms with Gasteiger partial charge in [-0.15, -0.1) is 0 Å². The minimum Gasteiger partial charge on any atom is -0.326 e. The highest BCUT2D eigenvalue weighted by Crippen LogP contribution is 2.14. The van der Waals surface area contributed by atoms with Gasteiger partial charge in [-0.2, -0.15) is 0 Å². The first-order chi connectivity index (χ1) is 8.15. The maximum Gasteiger partial charge on any atom is 0.238 e. The topological polar surface area (TPSA) is 58.4 Å². The Bertz CT molecular complexity index is 370.